The summed E-state index contributed by atoms with van der Waals surface area (Å²) in [5.74, 6) is 1.34. The van der Waals surface area contributed by atoms with Crippen molar-refractivity contribution in [1.82, 2.24) is 5.32 Å². The lowest BCUT2D eigenvalue weighted by Gasteiger charge is -2.11. The zero-order valence-electron chi connectivity index (χ0n) is 20.5. The Hall–Kier alpha value is -4.09. The Bertz CT molecular complexity index is 1370. The molecule has 3 rings (SSSR count). The smallest absolute Gasteiger partial charge is 0.261 e. The van der Waals surface area contributed by atoms with Crippen LogP contribution in [0.3, 0.4) is 0 Å². The monoisotopic (exact) mass is 541 g/mol. The Morgan fingerprint density at radius 1 is 0.919 bits per heavy atom. The maximum absolute atomic E-state index is 12.7. The molecule has 9 nitrogen and oxygen atoms in total. The first-order valence-electron chi connectivity index (χ1n) is 11.1. The summed E-state index contributed by atoms with van der Waals surface area (Å²) in [7, 11) is -0.720. The number of carbonyl (C=O) groups is 1. The average molecular weight is 542 g/mol. The molecule has 194 valence electrons. The molecule has 0 spiro atoms. The Morgan fingerprint density at radius 3 is 2.19 bits per heavy atom. The molecule has 0 aliphatic rings. The number of hydrogen-bond donors (Lipinski definition) is 3. The zero-order chi connectivity index (χ0) is 26.8. The fourth-order valence-corrected chi connectivity index (χ4v) is 4.44. The summed E-state index contributed by atoms with van der Waals surface area (Å²) in [6, 6.07) is 17.8. The van der Waals surface area contributed by atoms with E-state index in [1.165, 1.54) is 25.3 Å². The van der Waals surface area contributed by atoms with E-state index < -0.39 is 15.9 Å². The van der Waals surface area contributed by atoms with Crippen LogP contribution < -0.4 is 29.6 Å². The van der Waals surface area contributed by atoms with Crippen molar-refractivity contribution < 1.29 is 27.4 Å². The largest absolute Gasteiger partial charge is 0.494 e. The van der Waals surface area contributed by atoms with Crippen LogP contribution in [0.2, 0.25) is 0 Å². The van der Waals surface area contributed by atoms with Gasteiger partial charge in [-0.25, -0.2) is 8.42 Å². The van der Waals surface area contributed by atoms with Crippen LogP contribution in [0.1, 0.15) is 12.5 Å². The summed E-state index contributed by atoms with van der Waals surface area (Å²) < 4.78 is 43.7. The number of ether oxygens (including phenoxy) is 3. The first kappa shape index (κ1) is 27.5. The Morgan fingerprint density at radius 2 is 1.57 bits per heavy atom. The van der Waals surface area contributed by atoms with E-state index in [2.05, 4.69) is 15.4 Å². The van der Waals surface area contributed by atoms with E-state index in [9.17, 15) is 13.2 Å². The van der Waals surface area contributed by atoms with Crippen molar-refractivity contribution in [1.29, 1.82) is 0 Å². The third-order valence-electron chi connectivity index (χ3n) is 4.91. The second kappa shape index (κ2) is 12.7. The van der Waals surface area contributed by atoms with Crippen LogP contribution in [0.25, 0.3) is 6.08 Å². The third-order valence-corrected chi connectivity index (χ3v) is 6.51. The van der Waals surface area contributed by atoms with Gasteiger partial charge in [-0.3, -0.25) is 14.8 Å². The quantitative estimate of drug-likeness (QED) is 0.255. The SMILES string of the molecule is CCOc1ccc(NS(=O)(=O)c2ccc(NC(=S)NC(=O)/C=C/c3ccc(OC)c(OC)c3)cc2)cc1. The van der Waals surface area contributed by atoms with E-state index in [0.29, 0.717) is 35.2 Å². The molecule has 0 saturated carbocycles. The van der Waals surface area contributed by atoms with Crippen molar-refractivity contribution in [2.75, 3.05) is 30.9 Å². The number of thiocarbonyl (C=S) groups is 1. The Labute approximate surface area is 221 Å². The van der Waals surface area contributed by atoms with Crippen LogP contribution in [0.4, 0.5) is 11.4 Å². The summed E-state index contributed by atoms with van der Waals surface area (Å²) in [6.07, 6.45) is 2.94. The summed E-state index contributed by atoms with van der Waals surface area (Å²) in [5, 5.41) is 5.45. The molecule has 0 radical (unpaired) electrons. The van der Waals surface area contributed by atoms with Crippen molar-refractivity contribution in [3.05, 3.63) is 78.4 Å². The number of nitrogens with one attached hydrogen (secondary N) is 3. The lowest BCUT2D eigenvalue weighted by atomic mass is 10.2. The van der Waals surface area contributed by atoms with E-state index in [1.807, 2.05) is 6.92 Å². The number of carbonyl (C=O) groups excluding carboxylic acids is 1. The normalized spacial score (nSPS) is 11.0. The maximum atomic E-state index is 12.7. The van der Waals surface area contributed by atoms with Gasteiger partial charge >= 0.3 is 0 Å². The molecule has 0 heterocycles. The molecule has 3 aromatic rings. The minimum absolute atomic E-state index is 0.0603. The first-order valence-corrected chi connectivity index (χ1v) is 13.0. The minimum atomic E-state index is -3.79. The van der Waals surface area contributed by atoms with Crippen LogP contribution in [-0.4, -0.2) is 40.3 Å². The highest BCUT2D eigenvalue weighted by atomic mass is 32.2. The Kier molecular flexibility index (Phi) is 9.47. The molecule has 0 unspecified atom stereocenters. The molecular formula is C26H27N3O6S2. The molecule has 0 atom stereocenters. The number of amides is 1. The molecule has 1 amide bonds. The lowest BCUT2D eigenvalue weighted by Crippen LogP contribution is -2.32. The number of benzene rings is 3. The van der Waals surface area contributed by atoms with E-state index in [-0.39, 0.29) is 10.0 Å². The van der Waals surface area contributed by atoms with Crippen molar-refractivity contribution in [2.45, 2.75) is 11.8 Å². The van der Waals surface area contributed by atoms with Gasteiger partial charge in [0.2, 0.25) is 5.91 Å². The predicted molar refractivity (Wildman–Crippen MR) is 148 cm³/mol. The molecule has 0 fully saturated rings. The van der Waals surface area contributed by atoms with Crippen molar-refractivity contribution in [2.24, 2.45) is 0 Å². The number of rotatable bonds is 10. The second-order valence-corrected chi connectivity index (χ2v) is 9.57. The van der Waals surface area contributed by atoms with Gasteiger partial charge in [-0.15, -0.1) is 0 Å². The van der Waals surface area contributed by atoms with E-state index >= 15 is 0 Å². The molecule has 0 aliphatic carbocycles. The average Bonchev–Trinajstić information content (AvgIpc) is 2.88. The van der Waals surface area contributed by atoms with Crippen LogP contribution in [0.5, 0.6) is 17.2 Å². The number of sulfonamides is 1. The van der Waals surface area contributed by atoms with E-state index in [1.54, 1.807) is 67.8 Å². The van der Waals surface area contributed by atoms with Gasteiger partial charge in [0.15, 0.2) is 16.6 Å². The van der Waals surface area contributed by atoms with Gasteiger partial charge in [0.25, 0.3) is 10.0 Å². The molecule has 37 heavy (non-hydrogen) atoms. The molecule has 0 aromatic heterocycles. The summed E-state index contributed by atoms with van der Waals surface area (Å²) in [6.45, 7) is 2.39. The molecular weight excluding hydrogens is 514 g/mol. The third kappa shape index (κ3) is 7.95. The summed E-state index contributed by atoms with van der Waals surface area (Å²) in [5.41, 5.74) is 1.66. The highest BCUT2D eigenvalue weighted by molar-refractivity contribution is 7.92. The van der Waals surface area contributed by atoms with Gasteiger partial charge in [-0.1, -0.05) is 6.07 Å². The van der Waals surface area contributed by atoms with Crippen LogP contribution in [0, 0.1) is 0 Å². The van der Waals surface area contributed by atoms with Gasteiger partial charge in [-0.2, -0.15) is 0 Å². The molecule has 3 N–H and O–H groups in total. The van der Waals surface area contributed by atoms with Crippen molar-refractivity contribution >= 4 is 50.7 Å². The van der Waals surface area contributed by atoms with Gasteiger partial charge < -0.3 is 19.5 Å². The van der Waals surface area contributed by atoms with Gasteiger partial charge in [0.05, 0.1) is 25.7 Å². The predicted octanol–water partition coefficient (Wildman–Crippen LogP) is 4.43. The van der Waals surface area contributed by atoms with E-state index in [4.69, 9.17) is 26.4 Å². The van der Waals surface area contributed by atoms with Crippen LogP contribution in [-0.2, 0) is 14.8 Å². The first-order chi connectivity index (χ1) is 17.7. The molecule has 0 bridgehead atoms. The molecule has 0 aliphatic heterocycles. The second-order valence-electron chi connectivity index (χ2n) is 7.48. The van der Waals surface area contributed by atoms with E-state index in [0.717, 1.165) is 5.56 Å². The Balaban J connectivity index is 1.55. The standard InChI is InChI=1S/C26H27N3O6S2/c1-4-35-21-11-7-20(8-12-21)29-37(31,32)22-13-9-19(10-14-22)27-26(36)28-25(30)16-6-18-5-15-23(33-2)24(17-18)34-3/h5-17,29H,4H2,1-3H3,(H2,27,28,30,36)/b16-6+. The molecule has 11 heteroatoms. The maximum Gasteiger partial charge on any atom is 0.261 e. The van der Waals surface area contributed by atoms with Crippen molar-refractivity contribution in [3.8, 4) is 17.2 Å². The number of anilines is 2. The van der Waals surface area contributed by atoms with Gasteiger partial charge in [0, 0.05) is 17.5 Å². The minimum Gasteiger partial charge on any atom is -0.494 e. The lowest BCUT2D eigenvalue weighted by molar-refractivity contribution is -0.115. The molecule has 0 saturated heterocycles. The summed E-state index contributed by atoms with van der Waals surface area (Å²) in [4.78, 5) is 12.3. The van der Waals surface area contributed by atoms with Gasteiger partial charge in [0.1, 0.15) is 5.75 Å². The fraction of sp³-hybridized carbons (Fsp3) is 0.154. The highest BCUT2D eigenvalue weighted by Gasteiger charge is 2.14. The van der Waals surface area contributed by atoms with Crippen LogP contribution >= 0.6 is 12.2 Å². The van der Waals surface area contributed by atoms with Gasteiger partial charge in [-0.05, 0) is 91.4 Å². The molecule has 3 aromatic carbocycles. The zero-order valence-corrected chi connectivity index (χ0v) is 22.1. The summed E-state index contributed by atoms with van der Waals surface area (Å²) >= 11 is 5.18. The number of hydrogen-bond acceptors (Lipinski definition) is 7. The van der Waals surface area contributed by atoms with Crippen LogP contribution in [0.15, 0.2) is 77.7 Å². The fourth-order valence-electron chi connectivity index (χ4n) is 3.16. The van der Waals surface area contributed by atoms with Crippen molar-refractivity contribution in [3.63, 3.8) is 0 Å². The highest BCUT2D eigenvalue weighted by Crippen LogP contribution is 2.28. The number of methoxy groups -OCH3 is 2. The topological polar surface area (TPSA) is 115 Å².